The Morgan fingerprint density at radius 3 is 2.41 bits per heavy atom. The molecule has 6 nitrogen and oxygen atoms in total. The second-order valence-electron chi connectivity index (χ2n) is 8.41. The zero-order chi connectivity index (χ0) is 19.9. The number of hydrogen-bond acceptors (Lipinski definition) is 5. The Bertz CT molecular complexity index is 762. The fraction of sp³-hybridized carbons (Fsp3) is 0.609. The van der Waals surface area contributed by atoms with Gasteiger partial charge in [0.2, 0.25) is 11.8 Å². The van der Waals surface area contributed by atoms with Crippen molar-refractivity contribution >= 4 is 11.9 Å². The topological polar surface area (TPSA) is 71.3 Å². The second kappa shape index (κ2) is 9.90. The molecule has 0 spiro atoms. The lowest BCUT2D eigenvalue weighted by atomic mass is 9.88. The summed E-state index contributed by atoms with van der Waals surface area (Å²) in [5.74, 6) is 0.743. The third kappa shape index (κ3) is 5.37. The summed E-state index contributed by atoms with van der Waals surface area (Å²) in [6, 6.07) is 10.5. The van der Waals surface area contributed by atoms with Gasteiger partial charge in [-0.25, -0.2) is 0 Å². The lowest BCUT2D eigenvalue weighted by Crippen LogP contribution is -2.36. The normalized spacial score (nSPS) is 19.5. The standard InChI is InChI=1S/C23H32N4O2/c28-21(19-13-7-4-8-14-19)24-20(17-18-11-5-3-6-12-18)22-25-26-23(29-22)27-15-9-1-2-10-16-27/h3,5-6,11-12,19-20H,1-2,4,7-10,13-17H2,(H,24,28). The molecule has 2 heterocycles. The Morgan fingerprint density at radius 2 is 1.69 bits per heavy atom. The largest absolute Gasteiger partial charge is 0.406 e. The van der Waals surface area contributed by atoms with Crippen LogP contribution in [0.4, 0.5) is 6.01 Å². The number of carbonyl (C=O) groups is 1. The molecule has 6 heteroatoms. The SMILES string of the molecule is O=C(NC(Cc1ccccc1)c1nnc(N2CCCCCC2)o1)C1CCCCC1. The van der Waals surface area contributed by atoms with Crippen molar-refractivity contribution in [2.24, 2.45) is 5.92 Å². The number of carbonyl (C=O) groups excluding carboxylic acids is 1. The van der Waals surface area contributed by atoms with Crippen LogP contribution in [-0.2, 0) is 11.2 Å². The highest BCUT2D eigenvalue weighted by molar-refractivity contribution is 5.79. The first-order valence-electron chi connectivity index (χ1n) is 11.2. The number of hydrogen-bond donors (Lipinski definition) is 1. The van der Waals surface area contributed by atoms with Crippen molar-refractivity contribution in [2.75, 3.05) is 18.0 Å². The van der Waals surface area contributed by atoms with Crippen molar-refractivity contribution in [1.29, 1.82) is 0 Å². The molecule has 2 aliphatic rings. The number of benzene rings is 1. The number of nitrogens with one attached hydrogen (secondary N) is 1. The summed E-state index contributed by atoms with van der Waals surface area (Å²) in [4.78, 5) is 15.1. The second-order valence-corrected chi connectivity index (χ2v) is 8.41. The minimum absolute atomic E-state index is 0.107. The lowest BCUT2D eigenvalue weighted by molar-refractivity contribution is -0.126. The molecule has 0 radical (unpaired) electrons. The molecule has 0 bridgehead atoms. The van der Waals surface area contributed by atoms with Crippen molar-refractivity contribution in [2.45, 2.75) is 70.3 Å². The van der Waals surface area contributed by atoms with E-state index in [4.69, 9.17) is 4.42 Å². The molecule has 1 aromatic carbocycles. The van der Waals surface area contributed by atoms with Gasteiger partial charge in [-0.3, -0.25) is 4.79 Å². The maximum Gasteiger partial charge on any atom is 0.318 e. The molecule has 2 fully saturated rings. The highest BCUT2D eigenvalue weighted by atomic mass is 16.4. The van der Waals surface area contributed by atoms with Crippen LogP contribution < -0.4 is 10.2 Å². The highest BCUT2D eigenvalue weighted by Crippen LogP contribution is 2.27. The molecule has 1 unspecified atom stereocenters. The molecule has 1 aliphatic carbocycles. The summed E-state index contributed by atoms with van der Waals surface area (Å²) >= 11 is 0. The Hall–Kier alpha value is -2.37. The van der Waals surface area contributed by atoms with Crippen molar-refractivity contribution in [3.63, 3.8) is 0 Å². The third-order valence-electron chi connectivity index (χ3n) is 6.18. The van der Waals surface area contributed by atoms with E-state index in [1.54, 1.807) is 0 Å². The minimum Gasteiger partial charge on any atom is -0.406 e. The van der Waals surface area contributed by atoms with Gasteiger partial charge in [0, 0.05) is 25.4 Å². The van der Waals surface area contributed by atoms with Gasteiger partial charge in [-0.05, 0) is 31.2 Å². The van der Waals surface area contributed by atoms with Crippen LogP contribution in [-0.4, -0.2) is 29.2 Å². The van der Waals surface area contributed by atoms with E-state index in [1.807, 2.05) is 18.2 Å². The van der Waals surface area contributed by atoms with Gasteiger partial charge in [0.25, 0.3) is 0 Å². The smallest absolute Gasteiger partial charge is 0.318 e. The van der Waals surface area contributed by atoms with E-state index in [9.17, 15) is 4.79 Å². The maximum absolute atomic E-state index is 12.9. The van der Waals surface area contributed by atoms with Gasteiger partial charge >= 0.3 is 6.01 Å². The summed E-state index contributed by atoms with van der Waals surface area (Å²) in [7, 11) is 0. The first-order valence-corrected chi connectivity index (χ1v) is 11.2. The van der Waals surface area contributed by atoms with E-state index >= 15 is 0 Å². The van der Waals surface area contributed by atoms with Crippen LogP contribution in [0.15, 0.2) is 34.7 Å². The molecule has 1 aromatic heterocycles. The Balaban J connectivity index is 1.50. The molecule has 1 saturated heterocycles. The maximum atomic E-state index is 12.9. The van der Waals surface area contributed by atoms with Crippen molar-refractivity contribution in [1.82, 2.24) is 15.5 Å². The van der Waals surface area contributed by atoms with Gasteiger partial charge < -0.3 is 14.6 Å². The fourth-order valence-electron chi connectivity index (χ4n) is 4.46. The van der Waals surface area contributed by atoms with Crippen LogP contribution in [0, 0.1) is 5.92 Å². The van der Waals surface area contributed by atoms with E-state index in [0.717, 1.165) is 57.2 Å². The zero-order valence-electron chi connectivity index (χ0n) is 17.2. The summed E-state index contributed by atoms with van der Waals surface area (Å²) in [6.45, 7) is 1.92. The van der Waals surface area contributed by atoms with Crippen LogP contribution in [0.1, 0.15) is 75.3 Å². The molecule has 4 rings (SSSR count). The molecule has 1 aliphatic heterocycles. The van der Waals surface area contributed by atoms with Gasteiger partial charge in [0.05, 0.1) is 0 Å². The van der Waals surface area contributed by atoms with Gasteiger partial charge in [-0.2, -0.15) is 0 Å². The van der Waals surface area contributed by atoms with Crippen LogP contribution in [0.3, 0.4) is 0 Å². The quantitative estimate of drug-likeness (QED) is 0.782. The molecule has 1 saturated carbocycles. The molecule has 1 atom stereocenters. The summed E-state index contributed by atoms with van der Waals surface area (Å²) < 4.78 is 6.09. The van der Waals surface area contributed by atoms with Crippen LogP contribution in [0.2, 0.25) is 0 Å². The minimum atomic E-state index is -0.292. The van der Waals surface area contributed by atoms with Crippen molar-refractivity contribution in [3.8, 4) is 0 Å². The predicted molar refractivity (Wildman–Crippen MR) is 113 cm³/mol. The Morgan fingerprint density at radius 1 is 1.00 bits per heavy atom. The molecule has 29 heavy (non-hydrogen) atoms. The summed E-state index contributed by atoms with van der Waals surface area (Å²) in [5, 5.41) is 11.9. The average Bonchev–Trinajstić information content (AvgIpc) is 3.10. The number of amides is 1. The Labute approximate surface area is 173 Å². The average molecular weight is 397 g/mol. The molecule has 2 aromatic rings. The van der Waals surface area contributed by atoms with Crippen molar-refractivity contribution in [3.05, 3.63) is 41.8 Å². The van der Waals surface area contributed by atoms with Gasteiger partial charge in [0.1, 0.15) is 6.04 Å². The predicted octanol–water partition coefficient (Wildman–Crippen LogP) is 4.43. The summed E-state index contributed by atoms with van der Waals surface area (Å²) in [5.41, 5.74) is 1.15. The first kappa shape index (κ1) is 19.9. The fourth-order valence-corrected chi connectivity index (χ4v) is 4.46. The van der Waals surface area contributed by atoms with E-state index in [0.29, 0.717) is 18.3 Å². The van der Waals surface area contributed by atoms with Crippen molar-refractivity contribution < 1.29 is 9.21 Å². The molecular weight excluding hydrogens is 364 g/mol. The van der Waals surface area contributed by atoms with E-state index < -0.39 is 0 Å². The summed E-state index contributed by atoms with van der Waals surface area (Å²) in [6.07, 6.45) is 11.0. The molecule has 1 amide bonds. The van der Waals surface area contributed by atoms with Gasteiger partial charge in [-0.1, -0.05) is 67.5 Å². The number of anilines is 1. The van der Waals surface area contributed by atoms with Crippen LogP contribution in [0.25, 0.3) is 0 Å². The number of aromatic nitrogens is 2. The monoisotopic (exact) mass is 396 g/mol. The molecule has 156 valence electrons. The number of nitrogens with zero attached hydrogens (tertiary/aromatic N) is 3. The van der Waals surface area contributed by atoms with Gasteiger partial charge in [-0.15, -0.1) is 5.10 Å². The molecular formula is C23H32N4O2. The van der Waals surface area contributed by atoms with Crippen LogP contribution >= 0.6 is 0 Å². The zero-order valence-corrected chi connectivity index (χ0v) is 17.2. The lowest BCUT2D eigenvalue weighted by Gasteiger charge is -2.23. The van der Waals surface area contributed by atoms with E-state index in [-0.39, 0.29) is 17.9 Å². The van der Waals surface area contributed by atoms with Crippen LogP contribution in [0.5, 0.6) is 0 Å². The third-order valence-corrected chi connectivity index (χ3v) is 6.18. The Kier molecular flexibility index (Phi) is 6.80. The number of rotatable bonds is 6. The first-order chi connectivity index (χ1) is 14.3. The van der Waals surface area contributed by atoms with Gasteiger partial charge in [0.15, 0.2) is 0 Å². The molecule has 1 N–H and O–H groups in total. The van der Waals surface area contributed by atoms with E-state index in [2.05, 4.69) is 32.5 Å². The highest BCUT2D eigenvalue weighted by Gasteiger charge is 2.28. The van der Waals surface area contributed by atoms with E-state index in [1.165, 1.54) is 19.3 Å².